The first-order valence-electron chi connectivity index (χ1n) is 20.6. The zero-order chi connectivity index (χ0) is 41.0. The zero-order valence-electron chi connectivity index (χ0n) is 33.2. The Labute approximate surface area is 361 Å². The molecule has 0 bridgehead atoms. The monoisotopic (exact) mass is 810 g/mol. The number of rotatable bonds is 7. The second-order valence-electron chi connectivity index (χ2n) is 15.2. The third-order valence-electron chi connectivity index (χ3n) is 11.5. The lowest BCUT2D eigenvalue weighted by Crippen LogP contribution is -2.04. The minimum absolute atomic E-state index is 0.549. The van der Waals surface area contributed by atoms with Crippen molar-refractivity contribution >= 4 is 53.4 Å². The highest BCUT2D eigenvalue weighted by Crippen LogP contribution is 2.43. The molecule has 12 aromatic rings. The molecular formula is C55H34N6S. The van der Waals surface area contributed by atoms with E-state index < -0.39 is 0 Å². The Kier molecular flexibility index (Phi) is 8.57. The molecule has 0 fully saturated rings. The summed E-state index contributed by atoms with van der Waals surface area (Å²) in [6.07, 6.45) is 0. The van der Waals surface area contributed by atoms with Crippen LogP contribution in [0.2, 0.25) is 0 Å². The Bertz CT molecular complexity index is 3520. The van der Waals surface area contributed by atoms with E-state index in [1.165, 1.54) is 15.5 Å². The summed E-state index contributed by atoms with van der Waals surface area (Å²) in [5.74, 6) is 2.35. The quantitative estimate of drug-likeness (QED) is 0.160. The van der Waals surface area contributed by atoms with Gasteiger partial charge in [-0.3, -0.25) is 0 Å². The van der Waals surface area contributed by atoms with E-state index in [9.17, 15) is 0 Å². The van der Waals surface area contributed by atoms with Crippen LogP contribution in [0.3, 0.4) is 0 Å². The molecule has 0 spiro atoms. The first-order valence-corrected chi connectivity index (χ1v) is 21.4. The fraction of sp³-hybridized carbons (Fsp3) is 0. The van der Waals surface area contributed by atoms with Crippen LogP contribution in [-0.2, 0) is 0 Å². The molecule has 290 valence electrons. The number of thiophene rings is 1. The van der Waals surface area contributed by atoms with Crippen LogP contribution < -0.4 is 0 Å². The van der Waals surface area contributed by atoms with Gasteiger partial charge >= 0.3 is 0 Å². The maximum Gasteiger partial charge on any atom is 0.166 e. The highest BCUT2D eigenvalue weighted by atomic mass is 32.1. The third-order valence-corrected chi connectivity index (χ3v) is 12.7. The van der Waals surface area contributed by atoms with Gasteiger partial charge in [0.25, 0.3) is 0 Å². The average Bonchev–Trinajstić information content (AvgIpc) is 3.90. The summed E-state index contributed by atoms with van der Waals surface area (Å²) >= 11 is 1.74. The lowest BCUT2D eigenvalue weighted by atomic mass is 9.97. The number of para-hydroxylation sites is 2. The smallest absolute Gasteiger partial charge is 0.166 e. The molecule has 0 radical (unpaired) electrons. The van der Waals surface area contributed by atoms with Gasteiger partial charge in [-0.05, 0) is 47.5 Å². The standard InChI is InChI=1S/C55H34N6S/c1-4-18-35(19-5-1)39-24-10-11-27-42(39)49-51-50(43-28-14-17-31-48(43)62-51)57-54(56-49)38-32-33-47(61-45-29-15-12-25-40(45)41-26-13-16-30-46(41)61)44(34-38)55-59-52(36-20-6-2-7-21-36)58-53(60-55)37-22-8-3-9-23-37/h1-34H. The molecule has 0 aliphatic carbocycles. The van der Waals surface area contributed by atoms with Gasteiger partial charge in [-0.1, -0.05) is 170 Å². The molecule has 4 aromatic heterocycles. The van der Waals surface area contributed by atoms with E-state index in [0.717, 1.165) is 77.0 Å². The zero-order valence-corrected chi connectivity index (χ0v) is 34.0. The molecule has 8 aromatic carbocycles. The third kappa shape index (κ3) is 6.06. The summed E-state index contributed by atoms with van der Waals surface area (Å²) < 4.78 is 4.55. The Hall–Kier alpha value is -8.13. The summed E-state index contributed by atoms with van der Waals surface area (Å²) in [6.45, 7) is 0. The average molecular weight is 811 g/mol. The summed E-state index contributed by atoms with van der Waals surface area (Å²) in [6, 6.07) is 71.4. The maximum absolute atomic E-state index is 5.52. The van der Waals surface area contributed by atoms with E-state index in [4.69, 9.17) is 24.9 Å². The highest BCUT2D eigenvalue weighted by Gasteiger charge is 2.23. The number of aromatic nitrogens is 6. The van der Waals surface area contributed by atoms with Gasteiger partial charge in [0.2, 0.25) is 0 Å². The van der Waals surface area contributed by atoms with Crippen molar-refractivity contribution in [3.8, 4) is 73.6 Å². The predicted octanol–water partition coefficient (Wildman–Crippen LogP) is 14.1. The fourth-order valence-electron chi connectivity index (χ4n) is 8.62. The van der Waals surface area contributed by atoms with Gasteiger partial charge in [-0.2, -0.15) is 0 Å². The molecular weight excluding hydrogens is 777 g/mol. The molecule has 6 nitrogen and oxygen atoms in total. The molecule has 0 aliphatic heterocycles. The minimum Gasteiger partial charge on any atom is -0.309 e. The van der Waals surface area contributed by atoms with Gasteiger partial charge < -0.3 is 4.57 Å². The lowest BCUT2D eigenvalue weighted by molar-refractivity contribution is 1.06. The summed E-state index contributed by atoms with van der Waals surface area (Å²) in [4.78, 5) is 26.6. The van der Waals surface area contributed by atoms with Gasteiger partial charge in [0.15, 0.2) is 23.3 Å². The molecule has 0 atom stereocenters. The first kappa shape index (κ1) is 35.8. The summed E-state index contributed by atoms with van der Waals surface area (Å²) in [5.41, 5.74) is 11.7. The molecule has 0 saturated carbocycles. The van der Waals surface area contributed by atoms with Crippen molar-refractivity contribution in [3.63, 3.8) is 0 Å². The van der Waals surface area contributed by atoms with Crippen molar-refractivity contribution < 1.29 is 0 Å². The Morgan fingerprint density at radius 2 is 0.839 bits per heavy atom. The lowest BCUT2D eigenvalue weighted by Gasteiger charge is -2.16. The summed E-state index contributed by atoms with van der Waals surface area (Å²) in [7, 11) is 0. The van der Waals surface area contributed by atoms with E-state index in [1.807, 2.05) is 60.7 Å². The van der Waals surface area contributed by atoms with Crippen molar-refractivity contribution in [3.05, 3.63) is 206 Å². The van der Waals surface area contributed by atoms with Crippen molar-refractivity contribution in [1.82, 2.24) is 29.5 Å². The Morgan fingerprint density at radius 1 is 0.339 bits per heavy atom. The number of benzene rings is 8. The van der Waals surface area contributed by atoms with Crippen LogP contribution in [0, 0.1) is 0 Å². The minimum atomic E-state index is 0.549. The van der Waals surface area contributed by atoms with Crippen molar-refractivity contribution in [1.29, 1.82) is 0 Å². The number of fused-ring (bicyclic) bond motifs is 6. The number of hydrogen-bond acceptors (Lipinski definition) is 6. The van der Waals surface area contributed by atoms with Gasteiger partial charge in [0, 0.05) is 48.7 Å². The van der Waals surface area contributed by atoms with Crippen molar-refractivity contribution in [2.75, 3.05) is 0 Å². The van der Waals surface area contributed by atoms with Crippen LogP contribution >= 0.6 is 11.3 Å². The molecule has 0 aliphatic rings. The first-order chi connectivity index (χ1) is 30.7. The van der Waals surface area contributed by atoms with Crippen LogP contribution in [0.5, 0.6) is 0 Å². The second kappa shape index (κ2) is 14.9. The SMILES string of the molecule is c1ccc(-c2nc(-c3ccccc3)nc(-c3cc(-c4nc(-c5ccccc5-c5ccccc5)c5sc6ccccc6c5n4)ccc3-n3c4ccccc4c4ccccc43)n2)cc1. The van der Waals surface area contributed by atoms with Gasteiger partial charge in [-0.15, -0.1) is 11.3 Å². The van der Waals surface area contributed by atoms with E-state index in [1.54, 1.807) is 11.3 Å². The second-order valence-corrected chi connectivity index (χ2v) is 16.3. The van der Waals surface area contributed by atoms with Crippen LogP contribution in [0.1, 0.15) is 0 Å². The highest BCUT2D eigenvalue weighted by molar-refractivity contribution is 7.26. The van der Waals surface area contributed by atoms with Gasteiger partial charge in [0.05, 0.1) is 32.6 Å². The predicted molar refractivity (Wildman–Crippen MR) is 255 cm³/mol. The fourth-order valence-corrected chi connectivity index (χ4v) is 9.77. The number of hydrogen-bond donors (Lipinski definition) is 0. The maximum atomic E-state index is 5.52. The van der Waals surface area contributed by atoms with E-state index in [0.29, 0.717) is 23.3 Å². The van der Waals surface area contributed by atoms with Crippen LogP contribution in [0.15, 0.2) is 206 Å². The van der Waals surface area contributed by atoms with Crippen LogP contribution in [-0.4, -0.2) is 29.5 Å². The normalized spacial score (nSPS) is 11.5. The largest absolute Gasteiger partial charge is 0.309 e. The Morgan fingerprint density at radius 3 is 1.48 bits per heavy atom. The molecule has 0 unspecified atom stereocenters. The molecule has 62 heavy (non-hydrogen) atoms. The summed E-state index contributed by atoms with van der Waals surface area (Å²) in [5, 5.41) is 3.45. The van der Waals surface area contributed by atoms with E-state index >= 15 is 0 Å². The molecule has 0 saturated heterocycles. The Balaban J connectivity index is 1.16. The molecule has 7 heteroatoms. The number of nitrogens with zero attached hydrogens (tertiary/aromatic N) is 6. The van der Waals surface area contributed by atoms with Gasteiger partial charge in [0.1, 0.15) is 0 Å². The van der Waals surface area contributed by atoms with Crippen molar-refractivity contribution in [2.24, 2.45) is 0 Å². The molecule has 12 rings (SSSR count). The van der Waals surface area contributed by atoms with Crippen LogP contribution in [0.25, 0.3) is 116 Å². The van der Waals surface area contributed by atoms with E-state index in [-0.39, 0.29) is 0 Å². The van der Waals surface area contributed by atoms with Crippen molar-refractivity contribution in [2.45, 2.75) is 0 Å². The topological polar surface area (TPSA) is 69.4 Å². The molecule has 0 amide bonds. The molecule has 4 heterocycles. The van der Waals surface area contributed by atoms with Crippen LogP contribution in [0.4, 0.5) is 0 Å². The van der Waals surface area contributed by atoms with E-state index in [2.05, 4.69) is 150 Å². The molecule has 0 N–H and O–H groups in total. The van der Waals surface area contributed by atoms with Gasteiger partial charge in [-0.25, -0.2) is 24.9 Å².